The average molecular weight is 1400 g/mol. The molecule has 0 aliphatic carbocycles. The predicted octanol–water partition coefficient (Wildman–Crippen LogP) is 21.5. The number of hydrogen-bond acceptors (Lipinski definition) is 15. The molecule has 0 aromatic rings. The van der Waals surface area contributed by atoms with Gasteiger partial charge in [-0.25, -0.2) is 9.13 Å². The lowest BCUT2D eigenvalue weighted by molar-refractivity contribution is -0.161. The van der Waals surface area contributed by atoms with Gasteiger partial charge in [-0.05, 0) is 96.3 Å². The first kappa shape index (κ1) is 92.9. The van der Waals surface area contributed by atoms with Crippen LogP contribution >= 0.6 is 15.6 Å². The Labute approximate surface area is 584 Å². The lowest BCUT2D eigenvalue weighted by atomic mass is 10.0. The van der Waals surface area contributed by atoms with Crippen LogP contribution in [0.15, 0.2) is 60.8 Å². The van der Waals surface area contributed by atoms with Crippen molar-refractivity contribution in [1.29, 1.82) is 0 Å². The minimum absolute atomic E-state index is 0.0338. The molecule has 0 amide bonds. The fourth-order valence-corrected chi connectivity index (χ4v) is 12.2. The highest BCUT2D eigenvalue weighted by Crippen LogP contribution is 2.45. The number of carbonyl (C=O) groups excluding carboxylic acids is 4. The SMILES string of the molecule is CCCCC/C=C\C/C=C\C/C=C\C/C=C\CCCC(=O)O[C@H](COC(=O)CCCCCCCCCCCCCCC)COP(=O)(O)OC[C@H](O)COP(=O)(O)OC[C@@H](COCCCCCCC/C=C\CCCCCCC=O)OC(=O)CCCCCCCCCCCCCCC. The molecule has 0 aliphatic rings. The van der Waals surface area contributed by atoms with E-state index in [9.17, 15) is 43.2 Å². The van der Waals surface area contributed by atoms with Gasteiger partial charge in [-0.3, -0.25) is 32.5 Å². The van der Waals surface area contributed by atoms with Crippen molar-refractivity contribution in [2.45, 2.75) is 360 Å². The summed E-state index contributed by atoms with van der Waals surface area (Å²) in [7, 11) is -9.83. The second kappa shape index (κ2) is 71.7. The molecule has 0 radical (unpaired) electrons. The molecule has 560 valence electrons. The van der Waals surface area contributed by atoms with Gasteiger partial charge in [-0.15, -0.1) is 0 Å². The zero-order valence-corrected chi connectivity index (χ0v) is 62.6. The van der Waals surface area contributed by atoms with Gasteiger partial charge in [0.15, 0.2) is 6.10 Å². The van der Waals surface area contributed by atoms with Crippen LogP contribution in [-0.2, 0) is 65.4 Å². The first-order valence-electron chi connectivity index (χ1n) is 38.5. The topological polar surface area (TPSA) is 237 Å². The summed E-state index contributed by atoms with van der Waals surface area (Å²) in [4.78, 5) is 70.5. The van der Waals surface area contributed by atoms with Gasteiger partial charge in [0.2, 0.25) is 0 Å². The van der Waals surface area contributed by atoms with Crippen LogP contribution in [0.3, 0.4) is 0 Å². The van der Waals surface area contributed by atoms with Crippen molar-refractivity contribution in [3.8, 4) is 0 Å². The molecule has 0 aliphatic heterocycles. The summed E-state index contributed by atoms with van der Waals surface area (Å²) < 4.78 is 69.1. The van der Waals surface area contributed by atoms with Crippen LogP contribution in [0.4, 0.5) is 0 Å². The number of hydrogen-bond donors (Lipinski definition) is 3. The monoisotopic (exact) mass is 1400 g/mol. The number of aliphatic hydroxyl groups is 1. The van der Waals surface area contributed by atoms with E-state index >= 15 is 0 Å². The Morgan fingerprint density at radius 2 is 0.625 bits per heavy atom. The standard InChI is InChI=1S/C77H140O17P2/c1-4-7-10-13-16-19-22-25-26-27-28-33-38-43-48-53-58-63-77(82)94-74(69-88-75(80)61-56-51-46-41-36-31-23-20-17-14-11-8-5-2)71-92-96(85,86)90-67-72(79)66-89-95(83,84)91-70-73(93-76(81)62-57-52-47-42-37-32-24-21-18-15-12-9-6-3)68-87-65-60-55-50-45-40-35-30-29-34-39-44-49-54-59-64-78/h16,19,25-26,28-30,33,43,48,64,72-74,79H,4-15,17-18,20-24,27,31-32,34-42,44-47,49-63,65-71H2,1-3H3,(H,83,84)(H,85,86)/b19-16-,26-25-,30-29-,33-28-,48-43-/t72-,73-,74-/m1/s1. The molecule has 0 fully saturated rings. The Balaban J connectivity index is 5.30. The number of aldehydes is 1. The number of aliphatic hydroxyl groups excluding tert-OH is 1. The first-order valence-corrected chi connectivity index (χ1v) is 41.5. The number of phosphoric ester groups is 2. The van der Waals surface area contributed by atoms with Crippen molar-refractivity contribution in [1.82, 2.24) is 0 Å². The molecule has 17 nitrogen and oxygen atoms in total. The summed E-state index contributed by atoms with van der Waals surface area (Å²) in [6, 6.07) is 0. The van der Waals surface area contributed by atoms with Gasteiger partial charge in [-0.2, -0.15) is 0 Å². The highest BCUT2D eigenvalue weighted by molar-refractivity contribution is 7.47. The Morgan fingerprint density at radius 1 is 0.333 bits per heavy atom. The number of esters is 3. The summed E-state index contributed by atoms with van der Waals surface area (Å²) in [5.41, 5.74) is 0. The lowest BCUT2D eigenvalue weighted by Crippen LogP contribution is -2.30. The van der Waals surface area contributed by atoms with Gasteiger partial charge in [0.1, 0.15) is 25.1 Å². The molecule has 2 unspecified atom stereocenters. The van der Waals surface area contributed by atoms with Gasteiger partial charge in [-0.1, -0.05) is 281 Å². The minimum atomic E-state index is -4.95. The van der Waals surface area contributed by atoms with E-state index in [2.05, 4.69) is 69.4 Å². The van der Waals surface area contributed by atoms with E-state index in [-0.39, 0.29) is 25.9 Å². The Morgan fingerprint density at radius 3 is 1.04 bits per heavy atom. The second-order valence-corrected chi connectivity index (χ2v) is 28.8. The third-order valence-electron chi connectivity index (χ3n) is 16.5. The van der Waals surface area contributed by atoms with Gasteiger partial charge in [0.05, 0.1) is 33.0 Å². The van der Waals surface area contributed by atoms with E-state index in [4.69, 9.17) is 37.0 Å². The molecule has 0 rings (SSSR count). The van der Waals surface area contributed by atoms with E-state index in [1.165, 1.54) is 135 Å². The molecule has 96 heavy (non-hydrogen) atoms. The van der Waals surface area contributed by atoms with Crippen molar-refractivity contribution in [3.63, 3.8) is 0 Å². The van der Waals surface area contributed by atoms with E-state index in [0.29, 0.717) is 38.7 Å². The van der Waals surface area contributed by atoms with Crippen molar-refractivity contribution >= 4 is 39.8 Å². The van der Waals surface area contributed by atoms with Gasteiger partial charge in [0.25, 0.3) is 0 Å². The first-order chi connectivity index (χ1) is 46.8. The van der Waals surface area contributed by atoms with E-state index in [1.807, 2.05) is 12.2 Å². The number of carbonyl (C=O) groups is 4. The maximum absolute atomic E-state index is 13.1. The maximum atomic E-state index is 13.1. The molecular weight excluding hydrogens is 1260 g/mol. The van der Waals surface area contributed by atoms with Gasteiger partial charge in [0, 0.05) is 32.3 Å². The molecule has 0 saturated heterocycles. The molecule has 19 heteroatoms. The summed E-state index contributed by atoms with van der Waals surface area (Å²) in [6.45, 7) is 3.60. The molecule has 0 heterocycles. The van der Waals surface area contributed by atoms with Crippen LogP contribution < -0.4 is 0 Å². The van der Waals surface area contributed by atoms with Crippen molar-refractivity contribution in [3.05, 3.63) is 60.8 Å². The smallest absolute Gasteiger partial charge is 0.462 e. The molecule has 0 aromatic heterocycles. The highest BCUT2D eigenvalue weighted by Gasteiger charge is 2.30. The number of unbranched alkanes of at least 4 members (excludes halogenated alkanes) is 38. The number of phosphoric acid groups is 2. The Kier molecular flexibility index (Phi) is 69.4. The zero-order valence-electron chi connectivity index (χ0n) is 60.8. The Bertz CT molecular complexity index is 2030. The van der Waals surface area contributed by atoms with Crippen LogP contribution in [0.1, 0.15) is 342 Å². The van der Waals surface area contributed by atoms with E-state index in [0.717, 1.165) is 141 Å². The van der Waals surface area contributed by atoms with Crippen LogP contribution in [0, 0.1) is 0 Å². The van der Waals surface area contributed by atoms with Crippen LogP contribution in [0.25, 0.3) is 0 Å². The largest absolute Gasteiger partial charge is 0.472 e. The van der Waals surface area contributed by atoms with Crippen LogP contribution in [-0.4, -0.2) is 104 Å². The fraction of sp³-hybridized carbons (Fsp3) is 0.818. The highest BCUT2D eigenvalue weighted by atomic mass is 31.2. The van der Waals surface area contributed by atoms with E-state index < -0.39 is 84.9 Å². The zero-order chi connectivity index (χ0) is 70.2. The summed E-state index contributed by atoms with van der Waals surface area (Å²) in [5, 5.41) is 10.6. The fourth-order valence-electron chi connectivity index (χ4n) is 10.6. The summed E-state index contributed by atoms with van der Waals surface area (Å²) in [5.74, 6) is -1.59. The summed E-state index contributed by atoms with van der Waals surface area (Å²) >= 11 is 0. The van der Waals surface area contributed by atoms with Gasteiger partial charge < -0.3 is 38.6 Å². The predicted molar refractivity (Wildman–Crippen MR) is 391 cm³/mol. The molecule has 3 N–H and O–H groups in total. The third kappa shape index (κ3) is 70.8. The minimum Gasteiger partial charge on any atom is -0.462 e. The second-order valence-electron chi connectivity index (χ2n) is 25.9. The molecule has 0 saturated carbocycles. The third-order valence-corrected chi connectivity index (χ3v) is 18.4. The van der Waals surface area contributed by atoms with E-state index in [1.54, 1.807) is 0 Å². The maximum Gasteiger partial charge on any atom is 0.472 e. The molecule has 5 atom stereocenters. The normalized spacial score (nSPS) is 14.3. The van der Waals surface area contributed by atoms with Crippen molar-refractivity contribution in [2.24, 2.45) is 0 Å². The summed E-state index contributed by atoms with van der Waals surface area (Å²) in [6.07, 6.45) is 69.8. The van der Waals surface area contributed by atoms with Crippen LogP contribution in [0.2, 0.25) is 0 Å². The van der Waals surface area contributed by atoms with Gasteiger partial charge >= 0.3 is 33.6 Å². The average Bonchev–Trinajstić information content (AvgIpc) is 2.83. The molecular formula is C77H140O17P2. The van der Waals surface area contributed by atoms with Crippen molar-refractivity contribution < 1.29 is 80.2 Å². The number of allylic oxidation sites excluding steroid dienone is 10. The number of ether oxygens (including phenoxy) is 4. The number of rotatable bonds is 75. The molecule has 0 spiro atoms. The molecule has 0 aromatic carbocycles. The Hall–Kier alpha value is -3.08. The van der Waals surface area contributed by atoms with Crippen molar-refractivity contribution in [2.75, 3.05) is 46.2 Å². The van der Waals surface area contributed by atoms with Crippen LogP contribution in [0.5, 0.6) is 0 Å². The quantitative estimate of drug-likeness (QED) is 0.0128. The molecule has 0 bridgehead atoms. The lowest BCUT2D eigenvalue weighted by Gasteiger charge is -2.21.